The highest BCUT2D eigenvalue weighted by Crippen LogP contribution is 2.12. The zero-order chi connectivity index (χ0) is 13.9. The molecule has 0 aromatic carbocycles. The lowest BCUT2D eigenvalue weighted by atomic mass is 10.1. The number of β-amino-alcohol motifs (C(OH)–C–C–N with tert-alkyl or cyclic N) is 1. The van der Waals surface area contributed by atoms with Crippen LogP contribution in [-0.4, -0.2) is 58.2 Å². The van der Waals surface area contributed by atoms with Crippen LogP contribution in [0.1, 0.15) is 19.5 Å². The summed E-state index contributed by atoms with van der Waals surface area (Å²) in [6.07, 6.45) is 0. The van der Waals surface area contributed by atoms with Crippen LogP contribution >= 0.6 is 11.6 Å². The fraction of sp³-hybridized carbons (Fsp3) is 0.643. The number of halogens is 1. The number of nitrogens with zero attached hydrogens (tertiary/aromatic N) is 3. The molecule has 106 valence electrons. The molecule has 1 fully saturated rings. The Hall–Kier alpha value is -0.680. The van der Waals surface area contributed by atoms with Crippen molar-refractivity contribution < 1.29 is 5.11 Å². The van der Waals surface area contributed by atoms with Gasteiger partial charge in [-0.25, -0.2) is 4.98 Å². The van der Waals surface area contributed by atoms with Crippen molar-refractivity contribution in [2.75, 3.05) is 32.7 Å². The smallest absolute Gasteiger partial charge is 0.129 e. The first kappa shape index (κ1) is 14.7. The van der Waals surface area contributed by atoms with Gasteiger partial charge in [0, 0.05) is 39.3 Å². The number of pyridine rings is 1. The van der Waals surface area contributed by atoms with Crippen LogP contribution in [0.2, 0.25) is 5.15 Å². The van der Waals surface area contributed by atoms with Crippen LogP contribution < -0.4 is 0 Å². The summed E-state index contributed by atoms with van der Waals surface area (Å²) in [6.45, 7) is 9.28. The highest BCUT2D eigenvalue weighted by Gasteiger charge is 2.22. The zero-order valence-electron chi connectivity index (χ0n) is 11.6. The van der Waals surface area contributed by atoms with Gasteiger partial charge >= 0.3 is 0 Å². The van der Waals surface area contributed by atoms with E-state index in [0.717, 1.165) is 45.0 Å². The van der Waals surface area contributed by atoms with E-state index in [-0.39, 0.29) is 0 Å². The van der Waals surface area contributed by atoms with E-state index >= 15 is 0 Å². The molecule has 0 amide bonds. The van der Waals surface area contributed by atoms with Crippen molar-refractivity contribution in [1.29, 1.82) is 0 Å². The minimum Gasteiger partial charge on any atom is -0.389 e. The molecule has 1 saturated heterocycles. The van der Waals surface area contributed by atoms with Gasteiger partial charge in [-0.15, -0.1) is 0 Å². The molecule has 5 heteroatoms. The summed E-state index contributed by atoms with van der Waals surface area (Å²) in [7, 11) is 0. The van der Waals surface area contributed by atoms with Crippen LogP contribution in [0.25, 0.3) is 0 Å². The predicted octanol–water partition coefficient (Wildman–Crippen LogP) is 1.62. The first-order valence-corrected chi connectivity index (χ1v) is 7.09. The van der Waals surface area contributed by atoms with Crippen LogP contribution in [0, 0.1) is 0 Å². The largest absolute Gasteiger partial charge is 0.389 e. The Morgan fingerprint density at radius 1 is 1.21 bits per heavy atom. The molecular weight excluding hydrogens is 262 g/mol. The molecule has 1 aliphatic heterocycles. The second kappa shape index (κ2) is 6.18. The fourth-order valence-electron chi connectivity index (χ4n) is 2.42. The second-order valence-corrected chi connectivity index (χ2v) is 6.20. The van der Waals surface area contributed by atoms with Crippen LogP contribution in [0.15, 0.2) is 18.2 Å². The molecule has 0 aliphatic carbocycles. The van der Waals surface area contributed by atoms with Crippen molar-refractivity contribution in [2.24, 2.45) is 0 Å². The van der Waals surface area contributed by atoms with E-state index in [9.17, 15) is 5.11 Å². The van der Waals surface area contributed by atoms with E-state index in [1.807, 2.05) is 26.0 Å². The first-order valence-electron chi connectivity index (χ1n) is 6.71. The van der Waals surface area contributed by atoms with Crippen LogP contribution in [0.5, 0.6) is 0 Å². The number of hydrogen-bond donors (Lipinski definition) is 1. The van der Waals surface area contributed by atoms with Crippen molar-refractivity contribution in [2.45, 2.75) is 26.0 Å². The summed E-state index contributed by atoms with van der Waals surface area (Å²) >= 11 is 5.89. The number of piperazine rings is 1. The van der Waals surface area contributed by atoms with Crippen molar-refractivity contribution in [1.82, 2.24) is 14.8 Å². The molecule has 2 rings (SSSR count). The maximum Gasteiger partial charge on any atom is 0.129 e. The Morgan fingerprint density at radius 3 is 2.42 bits per heavy atom. The van der Waals surface area contributed by atoms with Crippen molar-refractivity contribution in [3.05, 3.63) is 29.0 Å². The summed E-state index contributed by atoms with van der Waals surface area (Å²) in [6, 6.07) is 5.75. The molecule has 0 unspecified atom stereocenters. The minimum atomic E-state index is -0.614. The lowest BCUT2D eigenvalue weighted by Gasteiger charge is -2.37. The first-order chi connectivity index (χ1) is 8.92. The molecule has 1 aromatic rings. The fourth-order valence-corrected chi connectivity index (χ4v) is 2.60. The summed E-state index contributed by atoms with van der Waals surface area (Å²) < 4.78 is 0. The summed E-state index contributed by atoms with van der Waals surface area (Å²) in [5, 5.41) is 10.4. The Bertz CT molecular complexity index is 411. The van der Waals surface area contributed by atoms with Crippen molar-refractivity contribution in [3.63, 3.8) is 0 Å². The molecule has 0 atom stereocenters. The average molecular weight is 284 g/mol. The Labute approximate surface area is 120 Å². The molecular formula is C14H22ClN3O. The Balaban J connectivity index is 1.80. The standard InChI is InChI=1S/C14H22ClN3O/c1-14(2,19)11-18-8-6-17(7-9-18)10-12-4-3-5-13(15)16-12/h3-5,19H,6-11H2,1-2H3. The highest BCUT2D eigenvalue weighted by atomic mass is 35.5. The van der Waals surface area contributed by atoms with Gasteiger partial charge in [0.15, 0.2) is 0 Å². The normalized spacial score (nSPS) is 18.7. The third kappa shape index (κ3) is 5.07. The topological polar surface area (TPSA) is 39.6 Å². The molecule has 0 spiro atoms. The lowest BCUT2D eigenvalue weighted by molar-refractivity contribution is 0.0165. The van der Waals surface area contributed by atoms with Crippen LogP contribution in [0.3, 0.4) is 0 Å². The average Bonchev–Trinajstić information content (AvgIpc) is 2.30. The Kier molecular flexibility index (Phi) is 4.79. The monoisotopic (exact) mass is 283 g/mol. The number of aromatic nitrogens is 1. The highest BCUT2D eigenvalue weighted by molar-refractivity contribution is 6.29. The van der Waals surface area contributed by atoms with Crippen molar-refractivity contribution >= 4 is 11.6 Å². The number of hydrogen-bond acceptors (Lipinski definition) is 4. The van der Waals surface area contributed by atoms with E-state index in [4.69, 9.17) is 11.6 Å². The van der Waals surface area contributed by atoms with Crippen LogP contribution in [0.4, 0.5) is 0 Å². The van der Waals surface area contributed by atoms with Gasteiger partial charge in [-0.1, -0.05) is 17.7 Å². The number of aliphatic hydroxyl groups is 1. The molecule has 0 bridgehead atoms. The molecule has 1 aliphatic rings. The second-order valence-electron chi connectivity index (χ2n) is 5.82. The molecule has 1 aromatic heterocycles. The summed E-state index contributed by atoms with van der Waals surface area (Å²) in [5.41, 5.74) is 0.403. The van der Waals surface area contributed by atoms with Gasteiger partial charge in [0.05, 0.1) is 11.3 Å². The quantitative estimate of drug-likeness (QED) is 0.853. The zero-order valence-corrected chi connectivity index (χ0v) is 12.4. The van der Waals surface area contributed by atoms with E-state index in [1.54, 1.807) is 6.07 Å². The van der Waals surface area contributed by atoms with E-state index in [1.165, 1.54) is 0 Å². The van der Waals surface area contributed by atoms with E-state index < -0.39 is 5.60 Å². The van der Waals surface area contributed by atoms with Gasteiger partial charge in [-0.2, -0.15) is 0 Å². The molecule has 2 heterocycles. The molecule has 4 nitrogen and oxygen atoms in total. The predicted molar refractivity (Wildman–Crippen MR) is 77.3 cm³/mol. The molecule has 0 radical (unpaired) electrons. The van der Waals surface area contributed by atoms with Gasteiger partial charge in [0.2, 0.25) is 0 Å². The van der Waals surface area contributed by atoms with Gasteiger partial charge in [0.1, 0.15) is 5.15 Å². The SMILES string of the molecule is CC(C)(O)CN1CCN(Cc2cccc(Cl)n2)CC1. The van der Waals surface area contributed by atoms with E-state index in [2.05, 4.69) is 14.8 Å². The van der Waals surface area contributed by atoms with E-state index in [0.29, 0.717) is 5.15 Å². The molecule has 19 heavy (non-hydrogen) atoms. The van der Waals surface area contributed by atoms with Crippen molar-refractivity contribution in [3.8, 4) is 0 Å². The van der Waals surface area contributed by atoms with Gasteiger partial charge in [0.25, 0.3) is 0 Å². The summed E-state index contributed by atoms with van der Waals surface area (Å²) in [4.78, 5) is 9.00. The molecule has 0 saturated carbocycles. The third-order valence-electron chi connectivity index (χ3n) is 3.23. The minimum absolute atomic E-state index is 0.554. The lowest BCUT2D eigenvalue weighted by Crippen LogP contribution is -2.50. The summed E-state index contributed by atoms with van der Waals surface area (Å²) in [5.74, 6) is 0. The maximum absolute atomic E-state index is 9.82. The third-order valence-corrected chi connectivity index (χ3v) is 3.44. The van der Waals surface area contributed by atoms with Gasteiger partial charge in [-0.3, -0.25) is 9.80 Å². The molecule has 1 N–H and O–H groups in total. The van der Waals surface area contributed by atoms with Crippen LogP contribution in [-0.2, 0) is 6.54 Å². The van der Waals surface area contributed by atoms with Gasteiger partial charge in [-0.05, 0) is 26.0 Å². The Morgan fingerprint density at radius 2 is 1.84 bits per heavy atom. The number of rotatable bonds is 4. The maximum atomic E-state index is 9.82. The van der Waals surface area contributed by atoms with Gasteiger partial charge < -0.3 is 5.11 Å².